The van der Waals surface area contributed by atoms with Crippen molar-refractivity contribution in [3.05, 3.63) is 22.3 Å². The van der Waals surface area contributed by atoms with E-state index in [9.17, 15) is 19.5 Å². The summed E-state index contributed by atoms with van der Waals surface area (Å²) in [5.74, 6) is -1.71. The number of cyclic esters (lactones) is 3. The van der Waals surface area contributed by atoms with Crippen LogP contribution in [-0.4, -0.2) is 29.3 Å². The van der Waals surface area contributed by atoms with E-state index in [1.807, 2.05) is 13.8 Å². The van der Waals surface area contributed by atoms with E-state index in [-0.39, 0.29) is 18.3 Å². The van der Waals surface area contributed by atoms with Crippen LogP contribution in [0.2, 0.25) is 0 Å². The fourth-order valence-corrected chi connectivity index (χ4v) is 4.08. The smallest absolute Gasteiger partial charge is 0.342 e. The second-order valence-electron chi connectivity index (χ2n) is 6.60. The summed E-state index contributed by atoms with van der Waals surface area (Å²) < 4.78 is 9.81. The van der Waals surface area contributed by atoms with Gasteiger partial charge in [-0.1, -0.05) is 26.7 Å². The molecule has 0 radical (unpaired) electrons. The first-order chi connectivity index (χ1) is 11.5. The second kappa shape index (κ2) is 6.51. The van der Waals surface area contributed by atoms with E-state index in [1.165, 1.54) is 0 Å². The molecule has 2 heterocycles. The van der Waals surface area contributed by atoms with Gasteiger partial charge in [0.1, 0.15) is 0 Å². The van der Waals surface area contributed by atoms with Crippen LogP contribution in [-0.2, 0) is 23.9 Å². The van der Waals surface area contributed by atoms with E-state index in [0.717, 1.165) is 19.3 Å². The van der Waals surface area contributed by atoms with Crippen molar-refractivity contribution >= 4 is 17.9 Å². The predicted octanol–water partition coefficient (Wildman–Crippen LogP) is 2.16. The molecule has 1 N–H and O–H groups in total. The van der Waals surface area contributed by atoms with Crippen molar-refractivity contribution in [2.24, 2.45) is 11.8 Å². The summed E-state index contributed by atoms with van der Waals surface area (Å²) in [5, 5.41) is 9.99. The Labute approximate surface area is 140 Å². The molecule has 0 aromatic heterocycles. The molecule has 1 aliphatic carbocycles. The van der Waals surface area contributed by atoms with Gasteiger partial charge in [0, 0.05) is 16.7 Å². The van der Waals surface area contributed by atoms with Crippen molar-refractivity contribution < 1.29 is 29.0 Å². The minimum absolute atomic E-state index is 0.0225. The van der Waals surface area contributed by atoms with E-state index >= 15 is 0 Å². The molecule has 0 spiro atoms. The first-order valence-electron chi connectivity index (χ1n) is 8.58. The Bertz CT molecular complexity index is 656. The molecule has 0 aromatic rings. The Morgan fingerprint density at radius 1 is 1.04 bits per heavy atom. The molecule has 0 saturated heterocycles. The average Bonchev–Trinajstić information content (AvgIpc) is 2.98. The van der Waals surface area contributed by atoms with Gasteiger partial charge in [0.25, 0.3) is 0 Å². The Kier molecular flexibility index (Phi) is 4.58. The van der Waals surface area contributed by atoms with Crippen molar-refractivity contribution in [2.45, 2.75) is 58.7 Å². The molecule has 0 bridgehead atoms. The van der Waals surface area contributed by atoms with Crippen LogP contribution in [0.5, 0.6) is 0 Å². The number of ether oxygens (including phenoxy) is 2. The fraction of sp³-hybridized carbons (Fsp3) is 0.611. The molecular weight excluding hydrogens is 312 g/mol. The molecule has 0 saturated carbocycles. The van der Waals surface area contributed by atoms with Gasteiger partial charge in [0.15, 0.2) is 0 Å². The molecule has 0 aromatic carbocycles. The summed E-state index contributed by atoms with van der Waals surface area (Å²) >= 11 is 0. The van der Waals surface area contributed by atoms with Gasteiger partial charge in [-0.25, -0.2) is 14.4 Å². The van der Waals surface area contributed by atoms with Crippen LogP contribution < -0.4 is 0 Å². The zero-order chi connectivity index (χ0) is 17.4. The van der Waals surface area contributed by atoms with Crippen LogP contribution in [0.3, 0.4) is 0 Å². The van der Waals surface area contributed by atoms with Gasteiger partial charge >= 0.3 is 17.9 Å². The number of aliphatic hydroxyl groups excluding tert-OH is 1. The second-order valence-corrected chi connectivity index (χ2v) is 6.60. The molecule has 2 aliphatic heterocycles. The summed E-state index contributed by atoms with van der Waals surface area (Å²) in [7, 11) is 0. The Morgan fingerprint density at radius 2 is 1.79 bits per heavy atom. The SMILES string of the molecule is CCC[C@H]1C2=C(CCC3=C(C[C@H]1CC)C(=O)OC3O)C(=O)OC2=O. The number of esters is 3. The van der Waals surface area contributed by atoms with Crippen molar-refractivity contribution in [3.8, 4) is 0 Å². The summed E-state index contributed by atoms with van der Waals surface area (Å²) in [4.78, 5) is 36.4. The minimum atomic E-state index is -1.25. The summed E-state index contributed by atoms with van der Waals surface area (Å²) in [6.07, 6.45) is 2.17. The molecule has 1 unspecified atom stereocenters. The molecule has 6 nitrogen and oxygen atoms in total. The molecule has 130 valence electrons. The normalized spacial score (nSPS) is 30.5. The minimum Gasteiger partial charge on any atom is -0.428 e. The Morgan fingerprint density at radius 3 is 2.46 bits per heavy atom. The monoisotopic (exact) mass is 334 g/mol. The highest BCUT2D eigenvalue weighted by Gasteiger charge is 2.43. The van der Waals surface area contributed by atoms with Crippen LogP contribution >= 0.6 is 0 Å². The maximum Gasteiger partial charge on any atom is 0.342 e. The van der Waals surface area contributed by atoms with E-state index in [2.05, 4.69) is 0 Å². The van der Waals surface area contributed by atoms with Crippen LogP contribution in [0, 0.1) is 11.8 Å². The van der Waals surface area contributed by atoms with E-state index in [0.29, 0.717) is 35.1 Å². The summed E-state index contributed by atoms with van der Waals surface area (Å²) in [6, 6.07) is 0. The first kappa shape index (κ1) is 16.9. The highest BCUT2D eigenvalue weighted by molar-refractivity contribution is 6.12. The van der Waals surface area contributed by atoms with E-state index < -0.39 is 24.2 Å². The largest absolute Gasteiger partial charge is 0.428 e. The van der Waals surface area contributed by atoms with Gasteiger partial charge in [-0.15, -0.1) is 0 Å². The van der Waals surface area contributed by atoms with Crippen molar-refractivity contribution in [2.75, 3.05) is 0 Å². The number of carbonyl (C=O) groups excluding carboxylic acids is 3. The van der Waals surface area contributed by atoms with Gasteiger partial charge in [0.2, 0.25) is 6.29 Å². The lowest BCUT2D eigenvalue weighted by atomic mass is 9.76. The lowest BCUT2D eigenvalue weighted by Gasteiger charge is -2.26. The van der Waals surface area contributed by atoms with Crippen LogP contribution in [0.1, 0.15) is 52.4 Å². The highest BCUT2D eigenvalue weighted by atomic mass is 16.6. The van der Waals surface area contributed by atoms with Crippen LogP contribution in [0.25, 0.3) is 0 Å². The average molecular weight is 334 g/mol. The summed E-state index contributed by atoms with van der Waals surface area (Å²) in [5.41, 5.74) is 1.93. The Balaban J connectivity index is 2.08. The maximum atomic E-state index is 12.3. The van der Waals surface area contributed by atoms with E-state index in [4.69, 9.17) is 9.47 Å². The van der Waals surface area contributed by atoms with Gasteiger partial charge in [0.05, 0.1) is 5.57 Å². The molecule has 3 atom stereocenters. The zero-order valence-electron chi connectivity index (χ0n) is 14.0. The quantitative estimate of drug-likeness (QED) is 0.628. The lowest BCUT2D eigenvalue weighted by Crippen LogP contribution is -2.22. The topological polar surface area (TPSA) is 89.9 Å². The maximum absolute atomic E-state index is 12.3. The predicted molar refractivity (Wildman–Crippen MR) is 83.3 cm³/mol. The number of hydrogen-bond donors (Lipinski definition) is 1. The van der Waals surface area contributed by atoms with Crippen LogP contribution in [0.15, 0.2) is 22.3 Å². The van der Waals surface area contributed by atoms with Crippen LogP contribution in [0.4, 0.5) is 0 Å². The molecule has 0 fully saturated rings. The third kappa shape index (κ3) is 2.69. The van der Waals surface area contributed by atoms with Gasteiger partial charge < -0.3 is 14.6 Å². The molecule has 6 heteroatoms. The van der Waals surface area contributed by atoms with E-state index in [1.54, 1.807) is 0 Å². The fourth-order valence-electron chi connectivity index (χ4n) is 4.08. The molecular formula is C18H22O6. The van der Waals surface area contributed by atoms with Gasteiger partial charge in [-0.2, -0.15) is 0 Å². The van der Waals surface area contributed by atoms with Gasteiger partial charge in [-0.05, 0) is 37.5 Å². The molecule has 0 amide bonds. The Hall–Kier alpha value is -1.95. The molecule has 3 rings (SSSR count). The standard InChI is InChI=1S/C18H22O6/c1-3-5-10-9(4-2)8-13-11(15(19)23-17(13)21)6-7-12-14(10)18(22)24-16(12)20/h9-10,15,19H,3-8H2,1-2H3/t9-,10-,15?/m1/s1. The zero-order valence-corrected chi connectivity index (χ0v) is 14.0. The third-order valence-electron chi connectivity index (χ3n) is 5.30. The third-order valence-corrected chi connectivity index (χ3v) is 5.30. The summed E-state index contributed by atoms with van der Waals surface area (Å²) in [6.45, 7) is 4.03. The molecule has 3 aliphatic rings. The number of hydrogen-bond acceptors (Lipinski definition) is 6. The number of rotatable bonds is 3. The van der Waals surface area contributed by atoms with Crippen molar-refractivity contribution in [1.82, 2.24) is 0 Å². The highest BCUT2D eigenvalue weighted by Crippen LogP contribution is 2.43. The molecule has 24 heavy (non-hydrogen) atoms. The first-order valence-corrected chi connectivity index (χ1v) is 8.58. The lowest BCUT2D eigenvalue weighted by molar-refractivity contribution is -0.153. The number of carbonyl (C=O) groups is 3. The van der Waals surface area contributed by atoms with Crippen molar-refractivity contribution in [1.29, 1.82) is 0 Å². The van der Waals surface area contributed by atoms with Gasteiger partial charge in [-0.3, -0.25) is 0 Å². The van der Waals surface area contributed by atoms with Crippen molar-refractivity contribution in [3.63, 3.8) is 0 Å². The number of aliphatic hydroxyl groups is 1.